The number of nitrogens with one attached hydrogen (secondary N) is 2. The molecule has 154 valence electrons. The van der Waals surface area contributed by atoms with Gasteiger partial charge in [0.1, 0.15) is 0 Å². The number of nitrogens with zero attached hydrogens (tertiary/aromatic N) is 3. The van der Waals surface area contributed by atoms with Crippen LogP contribution >= 0.6 is 0 Å². The summed E-state index contributed by atoms with van der Waals surface area (Å²) in [6, 6.07) is 9.17. The van der Waals surface area contributed by atoms with Crippen molar-refractivity contribution in [1.82, 2.24) is 15.2 Å². The van der Waals surface area contributed by atoms with Crippen LogP contribution in [0.25, 0.3) is 22.6 Å². The summed E-state index contributed by atoms with van der Waals surface area (Å²) in [6.07, 6.45) is 6.60. The standard InChI is InChI=1S/C22H17N5O4/c1-2-30-22(29)18-19(28)17(8-13-10-24-20-15(13)4-3-7-23-20)31-21(18)26-14-6-5-12-11-25-27-16(12)9-14/h3-11,26,28H,2H2,1H3,(H,25,27). The van der Waals surface area contributed by atoms with E-state index in [2.05, 4.69) is 25.5 Å². The number of ether oxygens (including phenoxy) is 1. The third-order valence-corrected chi connectivity index (χ3v) is 4.80. The highest BCUT2D eigenvalue weighted by Gasteiger charge is 2.27. The Morgan fingerprint density at radius 3 is 3.13 bits per heavy atom. The highest BCUT2D eigenvalue weighted by atomic mass is 16.5. The summed E-state index contributed by atoms with van der Waals surface area (Å²) in [4.78, 5) is 21.0. The predicted molar refractivity (Wildman–Crippen MR) is 116 cm³/mol. The number of carbonyl (C=O) groups is 1. The minimum absolute atomic E-state index is 0.0722. The SMILES string of the molecule is CCOC(=O)c1c(Nc2ccc3cn[nH]c3c2)oc(C=C2C=Nc3ncccc32)c1O. The number of furan rings is 1. The fourth-order valence-corrected chi connectivity index (χ4v) is 3.35. The Balaban J connectivity index is 1.56. The monoisotopic (exact) mass is 415 g/mol. The number of fused-ring (bicyclic) bond motifs is 2. The van der Waals surface area contributed by atoms with Gasteiger partial charge in [0.25, 0.3) is 0 Å². The number of carbonyl (C=O) groups excluding carboxylic acids is 1. The summed E-state index contributed by atoms with van der Waals surface area (Å²) in [5.74, 6) is -0.256. The summed E-state index contributed by atoms with van der Waals surface area (Å²) in [5, 5.41) is 21.7. The molecule has 1 aliphatic rings. The van der Waals surface area contributed by atoms with Crippen LogP contribution in [0.2, 0.25) is 0 Å². The van der Waals surface area contributed by atoms with Crippen LogP contribution < -0.4 is 5.32 Å². The number of esters is 1. The molecule has 1 aromatic carbocycles. The van der Waals surface area contributed by atoms with Gasteiger partial charge >= 0.3 is 5.97 Å². The van der Waals surface area contributed by atoms with Crippen molar-refractivity contribution >= 4 is 52.1 Å². The zero-order chi connectivity index (χ0) is 21.4. The lowest BCUT2D eigenvalue weighted by atomic mass is 10.1. The van der Waals surface area contributed by atoms with Crippen molar-refractivity contribution < 1.29 is 19.1 Å². The molecule has 5 rings (SSSR count). The maximum Gasteiger partial charge on any atom is 0.347 e. The van der Waals surface area contributed by atoms with Gasteiger partial charge in [0.15, 0.2) is 22.9 Å². The van der Waals surface area contributed by atoms with Gasteiger partial charge in [-0.2, -0.15) is 5.10 Å². The first-order chi connectivity index (χ1) is 15.1. The lowest BCUT2D eigenvalue weighted by molar-refractivity contribution is 0.0524. The number of allylic oxidation sites excluding steroid dienone is 1. The van der Waals surface area contributed by atoms with E-state index in [-0.39, 0.29) is 29.6 Å². The number of aromatic amines is 1. The molecule has 0 saturated carbocycles. The number of aliphatic imine (C=N–C) groups is 1. The summed E-state index contributed by atoms with van der Waals surface area (Å²) in [6.45, 7) is 1.85. The fraction of sp³-hybridized carbons (Fsp3) is 0.0909. The summed E-state index contributed by atoms with van der Waals surface area (Å²) in [7, 11) is 0. The second-order valence-corrected chi connectivity index (χ2v) is 6.77. The van der Waals surface area contributed by atoms with Crippen molar-refractivity contribution in [2.45, 2.75) is 6.92 Å². The molecule has 1 aliphatic heterocycles. The molecule has 0 aliphatic carbocycles. The molecule has 0 amide bonds. The van der Waals surface area contributed by atoms with Gasteiger partial charge in [-0.05, 0) is 43.3 Å². The van der Waals surface area contributed by atoms with Crippen molar-refractivity contribution in [1.29, 1.82) is 0 Å². The molecule has 0 radical (unpaired) electrons. The molecule has 3 N–H and O–H groups in total. The zero-order valence-electron chi connectivity index (χ0n) is 16.4. The third-order valence-electron chi connectivity index (χ3n) is 4.80. The maximum absolute atomic E-state index is 12.5. The molecular weight excluding hydrogens is 398 g/mol. The van der Waals surface area contributed by atoms with Gasteiger partial charge in [0.2, 0.25) is 5.88 Å². The number of aromatic hydroxyl groups is 1. The van der Waals surface area contributed by atoms with Crippen molar-refractivity contribution in [3.05, 3.63) is 59.6 Å². The minimum atomic E-state index is -0.694. The van der Waals surface area contributed by atoms with Crippen molar-refractivity contribution in [2.75, 3.05) is 11.9 Å². The Labute approximate surface area is 176 Å². The number of pyridine rings is 1. The summed E-state index contributed by atoms with van der Waals surface area (Å²) < 4.78 is 11.0. The average Bonchev–Trinajstić information content (AvgIpc) is 3.47. The number of hydrogen-bond acceptors (Lipinski definition) is 8. The summed E-state index contributed by atoms with van der Waals surface area (Å²) in [5.41, 5.74) is 2.88. The molecule has 0 fully saturated rings. The van der Waals surface area contributed by atoms with Crippen LogP contribution in [0, 0.1) is 0 Å². The van der Waals surface area contributed by atoms with E-state index in [9.17, 15) is 9.90 Å². The second-order valence-electron chi connectivity index (χ2n) is 6.77. The molecule has 0 spiro atoms. The molecule has 0 atom stereocenters. The first-order valence-electron chi connectivity index (χ1n) is 9.58. The maximum atomic E-state index is 12.5. The Hall–Kier alpha value is -4.40. The van der Waals surface area contributed by atoms with E-state index >= 15 is 0 Å². The third kappa shape index (κ3) is 3.31. The first kappa shape index (κ1) is 18.6. The number of anilines is 2. The number of benzene rings is 1. The van der Waals surface area contributed by atoms with Crippen molar-refractivity contribution in [2.24, 2.45) is 4.99 Å². The van der Waals surface area contributed by atoms with Crippen LogP contribution in [0.15, 0.2) is 52.1 Å². The van der Waals surface area contributed by atoms with E-state index in [0.717, 1.165) is 16.5 Å². The largest absolute Gasteiger partial charge is 0.504 e. The van der Waals surface area contributed by atoms with E-state index in [1.165, 1.54) is 0 Å². The molecule has 4 aromatic rings. The molecule has 3 aromatic heterocycles. The molecular formula is C22H17N5O4. The Morgan fingerprint density at radius 2 is 2.26 bits per heavy atom. The van der Waals surface area contributed by atoms with E-state index in [1.807, 2.05) is 24.3 Å². The Kier molecular flexibility index (Phi) is 4.47. The molecule has 0 saturated heterocycles. The van der Waals surface area contributed by atoms with Gasteiger partial charge in [-0.3, -0.25) is 5.10 Å². The molecule has 4 heterocycles. The number of H-pyrrole nitrogens is 1. The van der Waals surface area contributed by atoms with Crippen LogP contribution in [-0.2, 0) is 4.74 Å². The zero-order valence-corrected chi connectivity index (χ0v) is 16.4. The Bertz CT molecular complexity index is 1370. The average molecular weight is 415 g/mol. The first-order valence-corrected chi connectivity index (χ1v) is 9.58. The van der Waals surface area contributed by atoms with Crippen LogP contribution in [-0.4, -0.2) is 39.1 Å². The van der Waals surface area contributed by atoms with E-state index in [1.54, 1.807) is 37.7 Å². The van der Waals surface area contributed by atoms with Gasteiger partial charge in [-0.1, -0.05) is 0 Å². The molecule has 9 nitrogen and oxygen atoms in total. The van der Waals surface area contributed by atoms with Crippen LogP contribution in [0.3, 0.4) is 0 Å². The predicted octanol–water partition coefficient (Wildman–Crippen LogP) is 4.43. The van der Waals surface area contributed by atoms with Gasteiger partial charge in [-0.25, -0.2) is 14.8 Å². The highest BCUT2D eigenvalue weighted by molar-refractivity contribution is 6.21. The Morgan fingerprint density at radius 1 is 1.35 bits per heavy atom. The second kappa shape index (κ2) is 7.45. The van der Waals surface area contributed by atoms with Crippen molar-refractivity contribution in [3.63, 3.8) is 0 Å². The van der Waals surface area contributed by atoms with Crippen LogP contribution in [0.1, 0.15) is 28.6 Å². The molecule has 0 bridgehead atoms. The van der Waals surface area contributed by atoms with Crippen molar-refractivity contribution in [3.8, 4) is 5.75 Å². The van der Waals surface area contributed by atoms with E-state index in [4.69, 9.17) is 9.15 Å². The van der Waals surface area contributed by atoms with E-state index < -0.39 is 5.97 Å². The summed E-state index contributed by atoms with van der Waals surface area (Å²) >= 11 is 0. The molecule has 0 unspecified atom stereocenters. The van der Waals surface area contributed by atoms with E-state index in [0.29, 0.717) is 17.1 Å². The highest BCUT2D eigenvalue weighted by Crippen LogP contribution is 2.39. The lowest BCUT2D eigenvalue weighted by Gasteiger charge is -2.06. The van der Waals surface area contributed by atoms with Gasteiger partial charge in [0, 0.05) is 34.6 Å². The van der Waals surface area contributed by atoms with Gasteiger partial charge < -0.3 is 19.6 Å². The molecule has 31 heavy (non-hydrogen) atoms. The lowest BCUT2D eigenvalue weighted by Crippen LogP contribution is -2.06. The number of aromatic nitrogens is 3. The van der Waals surface area contributed by atoms with Crippen LogP contribution in [0.5, 0.6) is 5.75 Å². The van der Waals surface area contributed by atoms with Crippen LogP contribution in [0.4, 0.5) is 17.4 Å². The molecule has 9 heteroatoms. The van der Waals surface area contributed by atoms with Gasteiger partial charge in [-0.15, -0.1) is 0 Å². The quantitative estimate of drug-likeness (QED) is 0.412. The minimum Gasteiger partial charge on any atom is -0.504 e. The number of hydrogen-bond donors (Lipinski definition) is 3. The topological polar surface area (TPSA) is 126 Å². The number of rotatable bonds is 5. The fourth-order valence-electron chi connectivity index (χ4n) is 3.35. The normalized spacial score (nSPS) is 13.6. The smallest absolute Gasteiger partial charge is 0.347 e. The van der Waals surface area contributed by atoms with Gasteiger partial charge in [0.05, 0.1) is 18.3 Å².